The number of nitrogen functional groups attached to an aromatic ring is 1. The third-order valence-electron chi connectivity index (χ3n) is 7.47. The van der Waals surface area contributed by atoms with E-state index in [1.165, 1.54) is 24.2 Å². The molecule has 5 rings (SSSR count). The lowest BCUT2D eigenvalue weighted by atomic mass is 9.98. The maximum absolute atomic E-state index is 13.1. The van der Waals surface area contributed by atoms with Gasteiger partial charge in [-0.1, -0.05) is 35.6 Å². The van der Waals surface area contributed by atoms with Crippen molar-refractivity contribution in [2.24, 2.45) is 0 Å². The van der Waals surface area contributed by atoms with Crippen LogP contribution >= 0.6 is 11.3 Å². The van der Waals surface area contributed by atoms with Crippen molar-refractivity contribution in [3.05, 3.63) is 58.1 Å². The van der Waals surface area contributed by atoms with Crippen molar-refractivity contribution in [1.29, 1.82) is 0 Å². The fourth-order valence-electron chi connectivity index (χ4n) is 5.35. The van der Waals surface area contributed by atoms with Gasteiger partial charge in [-0.05, 0) is 50.8 Å². The number of anilines is 2. The summed E-state index contributed by atoms with van der Waals surface area (Å²) < 4.78 is 11.2. The molecule has 0 amide bonds. The van der Waals surface area contributed by atoms with Crippen LogP contribution in [0.1, 0.15) is 47.0 Å². The van der Waals surface area contributed by atoms with Crippen LogP contribution in [0.5, 0.6) is 5.75 Å². The number of hydrogen-bond donors (Lipinski definition) is 2. The number of carbonyl (C=O) groups excluding carboxylic acids is 1. The van der Waals surface area contributed by atoms with Gasteiger partial charge < -0.3 is 20.5 Å². The number of aryl methyl sites for hydroxylation is 1. The van der Waals surface area contributed by atoms with Crippen LogP contribution in [0.15, 0.2) is 42.1 Å². The number of benzene rings is 1. The van der Waals surface area contributed by atoms with Crippen molar-refractivity contribution < 1.29 is 14.3 Å². The SMILES string of the molecule is CCOc1cc(C(=O)c2sc(NC3=CCC(N4CCC(N5CCOCC5)CC4)C=C3)nc2N)ccc1C. The number of piperidine rings is 1. The zero-order valence-corrected chi connectivity index (χ0v) is 22.6. The highest BCUT2D eigenvalue weighted by molar-refractivity contribution is 7.18. The average Bonchev–Trinajstić information content (AvgIpc) is 3.30. The summed E-state index contributed by atoms with van der Waals surface area (Å²) in [7, 11) is 0. The minimum absolute atomic E-state index is 0.141. The molecular weight excluding hydrogens is 486 g/mol. The highest BCUT2D eigenvalue weighted by atomic mass is 32.1. The average molecular weight is 524 g/mol. The van der Waals surface area contributed by atoms with Gasteiger partial charge in [0.05, 0.1) is 19.8 Å². The number of likely N-dealkylation sites (tertiary alicyclic amines) is 1. The Balaban J connectivity index is 1.16. The fraction of sp³-hybridized carbons (Fsp3) is 0.500. The number of hydrogen-bond acceptors (Lipinski definition) is 9. The zero-order chi connectivity index (χ0) is 25.8. The van der Waals surface area contributed by atoms with Gasteiger partial charge in [0.15, 0.2) is 5.13 Å². The van der Waals surface area contributed by atoms with E-state index in [-0.39, 0.29) is 11.6 Å². The summed E-state index contributed by atoms with van der Waals surface area (Å²) in [6, 6.07) is 6.61. The van der Waals surface area contributed by atoms with Gasteiger partial charge in [0, 0.05) is 49.5 Å². The van der Waals surface area contributed by atoms with E-state index in [0.717, 1.165) is 57.1 Å². The second-order valence-corrected chi connectivity index (χ2v) is 10.8. The maximum Gasteiger partial charge on any atom is 0.206 e. The van der Waals surface area contributed by atoms with Crippen LogP contribution < -0.4 is 15.8 Å². The topological polar surface area (TPSA) is 93.0 Å². The molecule has 0 radical (unpaired) electrons. The van der Waals surface area contributed by atoms with E-state index >= 15 is 0 Å². The number of allylic oxidation sites excluding steroid dienone is 1. The van der Waals surface area contributed by atoms with Gasteiger partial charge >= 0.3 is 0 Å². The molecule has 8 nitrogen and oxygen atoms in total. The molecule has 2 fully saturated rings. The molecule has 1 aromatic heterocycles. The predicted molar refractivity (Wildman–Crippen MR) is 149 cm³/mol. The predicted octanol–water partition coefficient (Wildman–Crippen LogP) is 4.08. The number of carbonyl (C=O) groups is 1. The molecular formula is C28H37N5O3S. The lowest BCUT2D eigenvalue weighted by Crippen LogP contribution is -2.50. The second-order valence-electron chi connectivity index (χ2n) is 9.84. The molecule has 3 N–H and O–H groups in total. The van der Waals surface area contributed by atoms with E-state index in [0.29, 0.717) is 40.0 Å². The Morgan fingerprint density at radius 2 is 2.00 bits per heavy atom. The van der Waals surface area contributed by atoms with E-state index < -0.39 is 0 Å². The Hall–Kier alpha value is -2.72. The third kappa shape index (κ3) is 6.06. The van der Waals surface area contributed by atoms with Crippen LogP contribution in [-0.2, 0) is 4.74 Å². The molecule has 3 heterocycles. The molecule has 9 heteroatoms. The number of nitrogens with zero attached hydrogens (tertiary/aromatic N) is 3. The molecule has 0 saturated carbocycles. The van der Waals surface area contributed by atoms with E-state index in [9.17, 15) is 4.79 Å². The number of morpholine rings is 1. The van der Waals surface area contributed by atoms with E-state index in [1.807, 2.05) is 26.0 Å². The fourth-order valence-corrected chi connectivity index (χ4v) is 6.22. The smallest absolute Gasteiger partial charge is 0.206 e. The molecule has 1 atom stereocenters. The minimum Gasteiger partial charge on any atom is -0.494 e. The molecule has 2 saturated heterocycles. The number of rotatable bonds is 8. The van der Waals surface area contributed by atoms with Crippen LogP contribution in [0.4, 0.5) is 10.9 Å². The molecule has 0 bridgehead atoms. The highest BCUT2D eigenvalue weighted by Crippen LogP contribution is 2.31. The maximum atomic E-state index is 13.1. The van der Waals surface area contributed by atoms with Gasteiger partial charge in [0.25, 0.3) is 0 Å². The zero-order valence-electron chi connectivity index (χ0n) is 21.7. The number of thiazole rings is 1. The van der Waals surface area contributed by atoms with Gasteiger partial charge in [-0.2, -0.15) is 0 Å². The van der Waals surface area contributed by atoms with Crippen LogP contribution in [0.2, 0.25) is 0 Å². The number of nitrogens with one attached hydrogen (secondary N) is 1. The van der Waals surface area contributed by atoms with Gasteiger partial charge in [-0.25, -0.2) is 4.98 Å². The van der Waals surface area contributed by atoms with Crippen LogP contribution in [0, 0.1) is 6.92 Å². The highest BCUT2D eigenvalue weighted by Gasteiger charge is 2.28. The summed E-state index contributed by atoms with van der Waals surface area (Å²) in [6.45, 7) is 10.6. The Bertz CT molecular complexity index is 1160. The first kappa shape index (κ1) is 25.9. The summed E-state index contributed by atoms with van der Waals surface area (Å²) in [4.78, 5) is 23.2. The number of ether oxygens (including phenoxy) is 2. The lowest BCUT2D eigenvalue weighted by Gasteiger charge is -2.42. The Morgan fingerprint density at radius 3 is 2.70 bits per heavy atom. The lowest BCUT2D eigenvalue weighted by molar-refractivity contribution is -0.00131. The van der Waals surface area contributed by atoms with Crippen molar-refractivity contribution >= 4 is 28.1 Å². The monoisotopic (exact) mass is 523 g/mol. The number of aromatic nitrogens is 1. The molecule has 2 aromatic rings. The first-order chi connectivity index (χ1) is 18.0. The van der Waals surface area contributed by atoms with Gasteiger partial charge in [-0.3, -0.25) is 14.6 Å². The van der Waals surface area contributed by atoms with E-state index in [4.69, 9.17) is 15.2 Å². The third-order valence-corrected chi connectivity index (χ3v) is 8.45. The second kappa shape index (κ2) is 11.8. The Morgan fingerprint density at radius 1 is 1.22 bits per heavy atom. The molecule has 198 valence electrons. The van der Waals surface area contributed by atoms with Crippen LogP contribution in [0.25, 0.3) is 0 Å². The molecule has 37 heavy (non-hydrogen) atoms. The van der Waals surface area contributed by atoms with Crippen molar-refractivity contribution in [2.75, 3.05) is 57.1 Å². The molecule has 2 aliphatic heterocycles. The van der Waals surface area contributed by atoms with Crippen molar-refractivity contribution in [3.8, 4) is 5.75 Å². The van der Waals surface area contributed by atoms with Crippen molar-refractivity contribution in [1.82, 2.24) is 14.8 Å². The molecule has 1 unspecified atom stereocenters. The standard InChI is InChI=1S/C28H37N5O3S/c1-3-36-24-18-20(5-4-19(24)2)25(34)26-27(29)31-28(37-26)30-21-6-8-22(9-7-21)32-12-10-23(11-13-32)33-14-16-35-17-15-33/h4-8,18,22-23H,3,9-17,29H2,1-2H3,(H,30,31). The van der Waals surface area contributed by atoms with E-state index in [2.05, 4.69) is 38.3 Å². The Kier molecular flexibility index (Phi) is 8.24. The largest absolute Gasteiger partial charge is 0.494 e. The molecule has 0 spiro atoms. The van der Waals surface area contributed by atoms with Crippen molar-refractivity contribution in [2.45, 2.75) is 45.2 Å². The summed E-state index contributed by atoms with van der Waals surface area (Å²) in [5.74, 6) is 0.822. The summed E-state index contributed by atoms with van der Waals surface area (Å²) in [6.07, 6.45) is 10.0. The van der Waals surface area contributed by atoms with Gasteiger partial charge in [0.1, 0.15) is 16.4 Å². The Labute approximate surface area is 223 Å². The quantitative estimate of drug-likeness (QED) is 0.500. The van der Waals surface area contributed by atoms with Crippen LogP contribution in [-0.4, -0.2) is 78.7 Å². The van der Waals surface area contributed by atoms with E-state index in [1.54, 1.807) is 6.07 Å². The van der Waals surface area contributed by atoms with Crippen LogP contribution in [0.3, 0.4) is 0 Å². The number of ketones is 1. The normalized spacial score (nSPS) is 21.6. The van der Waals surface area contributed by atoms with Crippen molar-refractivity contribution in [3.63, 3.8) is 0 Å². The minimum atomic E-state index is -0.141. The summed E-state index contributed by atoms with van der Waals surface area (Å²) in [5.41, 5.74) is 8.68. The molecule has 1 aliphatic carbocycles. The number of nitrogens with two attached hydrogens (primary N) is 1. The summed E-state index contributed by atoms with van der Waals surface area (Å²) in [5, 5.41) is 3.97. The van der Waals surface area contributed by atoms with Gasteiger partial charge in [-0.15, -0.1) is 0 Å². The first-order valence-corrected chi connectivity index (χ1v) is 14.1. The first-order valence-electron chi connectivity index (χ1n) is 13.3. The summed E-state index contributed by atoms with van der Waals surface area (Å²) >= 11 is 1.29. The van der Waals surface area contributed by atoms with Gasteiger partial charge in [0.2, 0.25) is 5.78 Å². The molecule has 3 aliphatic rings. The molecule has 1 aromatic carbocycles.